The SMILES string of the molecule is COCCN(CCC#N)C(=O)N1CCC(C(=O)O)C1. The van der Waals surface area contributed by atoms with Gasteiger partial charge in [-0.15, -0.1) is 0 Å². The Labute approximate surface area is 112 Å². The number of hydrogen-bond donors (Lipinski definition) is 1. The van der Waals surface area contributed by atoms with Crippen LogP contribution in [0.1, 0.15) is 12.8 Å². The highest BCUT2D eigenvalue weighted by atomic mass is 16.5. The van der Waals surface area contributed by atoms with E-state index in [4.69, 9.17) is 15.1 Å². The van der Waals surface area contributed by atoms with Gasteiger partial charge in [0.1, 0.15) is 0 Å². The first kappa shape index (κ1) is 15.2. The molecule has 1 rings (SSSR count). The number of aliphatic carboxylic acids is 1. The van der Waals surface area contributed by atoms with Crippen molar-refractivity contribution in [3.05, 3.63) is 0 Å². The van der Waals surface area contributed by atoms with E-state index in [1.54, 1.807) is 7.11 Å². The molecule has 1 aliphatic rings. The third-order valence-electron chi connectivity index (χ3n) is 3.14. The molecule has 1 aliphatic heterocycles. The summed E-state index contributed by atoms with van der Waals surface area (Å²) in [5.41, 5.74) is 0. The number of carbonyl (C=O) groups excluding carboxylic acids is 1. The minimum atomic E-state index is -0.865. The number of urea groups is 1. The van der Waals surface area contributed by atoms with E-state index in [1.807, 2.05) is 6.07 Å². The average molecular weight is 269 g/mol. The van der Waals surface area contributed by atoms with Crippen LogP contribution >= 0.6 is 0 Å². The Balaban J connectivity index is 2.56. The molecule has 0 radical (unpaired) electrons. The van der Waals surface area contributed by atoms with Gasteiger partial charge in [-0.3, -0.25) is 4.79 Å². The third kappa shape index (κ3) is 4.41. The lowest BCUT2D eigenvalue weighted by atomic mass is 10.1. The molecule has 0 bridgehead atoms. The molecule has 1 heterocycles. The minimum absolute atomic E-state index is 0.212. The van der Waals surface area contributed by atoms with E-state index in [1.165, 1.54) is 9.80 Å². The standard InChI is InChI=1S/C12H19N3O4/c1-19-8-7-14(5-2-4-13)12(18)15-6-3-10(9-15)11(16)17/h10H,2-3,5-9H2,1H3,(H,16,17). The number of nitrogens with zero attached hydrogens (tertiary/aromatic N) is 3. The molecule has 19 heavy (non-hydrogen) atoms. The number of nitriles is 1. The summed E-state index contributed by atoms with van der Waals surface area (Å²) < 4.78 is 4.94. The van der Waals surface area contributed by atoms with Crippen LogP contribution in [-0.4, -0.2) is 66.8 Å². The zero-order chi connectivity index (χ0) is 14.3. The number of ether oxygens (including phenoxy) is 1. The Bertz CT molecular complexity index is 366. The average Bonchev–Trinajstić information content (AvgIpc) is 2.88. The maximum absolute atomic E-state index is 12.2. The second kappa shape index (κ2) is 7.59. The second-order valence-corrected chi connectivity index (χ2v) is 4.44. The summed E-state index contributed by atoms with van der Waals surface area (Å²) in [6, 6.07) is 1.79. The van der Waals surface area contributed by atoms with Gasteiger partial charge in [-0.2, -0.15) is 5.26 Å². The van der Waals surface area contributed by atoms with Crippen LogP contribution in [0.2, 0.25) is 0 Å². The first-order valence-electron chi connectivity index (χ1n) is 6.22. The monoisotopic (exact) mass is 269 g/mol. The molecule has 106 valence electrons. The van der Waals surface area contributed by atoms with E-state index in [2.05, 4.69) is 0 Å². The molecule has 7 heteroatoms. The van der Waals surface area contributed by atoms with E-state index in [-0.39, 0.29) is 19.0 Å². The summed E-state index contributed by atoms with van der Waals surface area (Å²) in [5.74, 6) is -1.35. The molecule has 0 aliphatic carbocycles. The van der Waals surface area contributed by atoms with E-state index in [0.29, 0.717) is 32.7 Å². The van der Waals surface area contributed by atoms with Crippen LogP contribution in [0.5, 0.6) is 0 Å². The van der Waals surface area contributed by atoms with Crippen LogP contribution in [0.15, 0.2) is 0 Å². The first-order valence-corrected chi connectivity index (χ1v) is 6.22. The van der Waals surface area contributed by atoms with Gasteiger partial charge in [0.2, 0.25) is 0 Å². The normalized spacial score (nSPS) is 18.1. The maximum Gasteiger partial charge on any atom is 0.320 e. The van der Waals surface area contributed by atoms with Crippen LogP contribution < -0.4 is 0 Å². The first-order chi connectivity index (χ1) is 9.10. The molecular weight excluding hydrogens is 250 g/mol. The molecule has 1 saturated heterocycles. The molecule has 7 nitrogen and oxygen atoms in total. The van der Waals surface area contributed by atoms with Crippen LogP contribution in [0.3, 0.4) is 0 Å². The molecule has 0 aromatic heterocycles. The third-order valence-corrected chi connectivity index (χ3v) is 3.14. The van der Waals surface area contributed by atoms with Crippen molar-refractivity contribution >= 4 is 12.0 Å². The van der Waals surface area contributed by atoms with Crippen LogP contribution in [0.25, 0.3) is 0 Å². The Hall–Kier alpha value is -1.81. The fourth-order valence-corrected chi connectivity index (χ4v) is 2.03. The van der Waals surface area contributed by atoms with Gasteiger partial charge in [0.15, 0.2) is 0 Å². The quantitative estimate of drug-likeness (QED) is 0.752. The summed E-state index contributed by atoms with van der Waals surface area (Å²) in [5, 5.41) is 17.5. The second-order valence-electron chi connectivity index (χ2n) is 4.44. The lowest BCUT2D eigenvalue weighted by Gasteiger charge is -2.27. The summed E-state index contributed by atoms with van der Waals surface area (Å²) in [6.45, 7) is 1.83. The topological polar surface area (TPSA) is 93.9 Å². The summed E-state index contributed by atoms with van der Waals surface area (Å²) in [4.78, 5) is 26.2. The highest BCUT2D eigenvalue weighted by Crippen LogP contribution is 2.18. The van der Waals surface area contributed by atoms with Crippen molar-refractivity contribution in [2.24, 2.45) is 5.92 Å². The van der Waals surface area contributed by atoms with Crippen LogP contribution in [-0.2, 0) is 9.53 Å². The molecule has 2 amide bonds. The Morgan fingerprint density at radius 1 is 1.53 bits per heavy atom. The molecule has 1 unspecified atom stereocenters. The number of carboxylic acids is 1. The largest absolute Gasteiger partial charge is 0.481 e. The number of methoxy groups -OCH3 is 1. The fourth-order valence-electron chi connectivity index (χ4n) is 2.03. The van der Waals surface area contributed by atoms with Crippen molar-refractivity contribution in [1.82, 2.24) is 9.80 Å². The molecule has 1 fully saturated rings. The van der Waals surface area contributed by atoms with Crippen molar-refractivity contribution < 1.29 is 19.4 Å². The number of hydrogen-bond acceptors (Lipinski definition) is 4. The lowest BCUT2D eigenvalue weighted by Crippen LogP contribution is -2.44. The predicted molar refractivity (Wildman–Crippen MR) is 66.4 cm³/mol. The minimum Gasteiger partial charge on any atom is -0.481 e. The van der Waals surface area contributed by atoms with E-state index < -0.39 is 11.9 Å². The number of carboxylic acid groups (broad SMARTS) is 1. The summed E-state index contributed by atoms with van der Waals surface area (Å²) >= 11 is 0. The van der Waals surface area contributed by atoms with E-state index >= 15 is 0 Å². The van der Waals surface area contributed by atoms with Crippen LogP contribution in [0.4, 0.5) is 4.79 Å². The fraction of sp³-hybridized carbons (Fsp3) is 0.750. The Morgan fingerprint density at radius 3 is 2.79 bits per heavy atom. The summed E-state index contributed by atoms with van der Waals surface area (Å²) in [6.07, 6.45) is 0.739. The van der Waals surface area contributed by atoms with Crippen LogP contribution in [0, 0.1) is 17.2 Å². The number of likely N-dealkylation sites (tertiary alicyclic amines) is 1. The highest BCUT2D eigenvalue weighted by Gasteiger charge is 2.32. The molecule has 0 aromatic carbocycles. The molecular formula is C12H19N3O4. The van der Waals surface area contributed by atoms with E-state index in [0.717, 1.165) is 0 Å². The van der Waals surface area contributed by atoms with Crippen molar-refractivity contribution in [3.8, 4) is 6.07 Å². The zero-order valence-corrected chi connectivity index (χ0v) is 11.0. The number of amides is 2. The molecule has 1 N–H and O–H groups in total. The number of carbonyl (C=O) groups is 2. The van der Waals surface area contributed by atoms with Crippen molar-refractivity contribution in [2.45, 2.75) is 12.8 Å². The number of rotatable bonds is 6. The zero-order valence-electron chi connectivity index (χ0n) is 11.0. The summed E-state index contributed by atoms with van der Waals surface area (Å²) in [7, 11) is 1.54. The van der Waals surface area contributed by atoms with Gasteiger partial charge in [-0.25, -0.2) is 4.79 Å². The van der Waals surface area contributed by atoms with E-state index in [9.17, 15) is 9.59 Å². The van der Waals surface area contributed by atoms with Crippen molar-refractivity contribution in [3.63, 3.8) is 0 Å². The molecule has 0 spiro atoms. The van der Waals surface area contributed by atoms with Gasteiger partial charge in [-0.05, 0) is 6.42 Å². The smallest absolute Gasteiger partial charge is 0.320 e. The molecule has 0 saturated carbocycles. The van der Waals surface area contributed by atoms with Gasteiger partial charge >= 0.3 is 12.0 Å². The predicted octanol–water partition coefficient (Wildman–Crippen LogP) is 0.375. The molecule has 1 atom stereocenters. The Morgan fingerprint density at radius 2 is 2.26 bits per heavy atom. The van der Waals surface area contributed by atoms with Gasteiger partial charge in [0.25, 0.3) is 0 Å². The lowest BCUT2D eigenvalue weighted by molar-refractivity contribution is -0.141. The highest BCUT2D eigenvalue weighted by molar-refractivity contribution is 5.77. The van der Waals surface area contributed by atoms with Crippen molar-refractivity contribution in [1.29, 1.82) is 5.26 Å². The van der Waals surface area contributed by atoms with Crippen molar-refractivity contribution in [2.75, 3.05) is 39.9 Å². The van der Waals surface area contributed by atoms with Gasteiger partial charge in [0, 0.05) is 33.3 Å². The molecule has 0 aromatic rings. The maximum atomic E-state index is 12.2. The Kier molecular flexibility index (Phi) is 6.09. The van der Waals surface area contributed by atoms with Gasteiger partial charge in [-0.1, -0.05) is 0 Å². The van der Waals surface area contributed by atoms with Gasteiger partial charge < -0.3 is 19.6 Å². The van der Waals surface area contributed by atoms with Gasteiger partial charge in [0.05, 0.1) is 25.0 Å².